The fourth-order valence-electron chi connectivity index (χ4n) is 2.67. The van der Waals surface area contributed by atoms with Crippen molar-refractivity contribution in [3.8, 4) is 16.3 Å². The van der Waals surface area contributed by atoms with Crippen molar-refractivity contribution in [3.63, 3.8) is 0 Å². The lowest BCUT2D eigenvalue weighted by Crippen LogP contribution is -2.48. The van der Waals surface area contributed by atoms with Crippen LogP contribution in [0, 0.1) is 0 Å². The van der Waals surface area contributed by atoms with Gasteiger partial charge >= 0.3 is 0 Å². The number of thiazole rings is 1. The summed E-state index contributed by atoms with van der Waals surface area (Å²) in [5, 5.41) is 2.72. The first-order valence-electron chi connectivity index (χ1n) is 7.83. The molecule has 1 aromatic heterocycles. The number of carbonyl (C=O) groups excluding carboxylic acids is 1. The number of nitrogens with zero attached hydrogens (tertiary/aromatic N) is 3. The van der Waals surface area contributed by atoms with Gasteiger partial charge in [-0.3, -0.25) is 4.79 Å². The second-order valence-corrected chi connectivity index (χ2v) is 6.35. The number of benzene rings is 1. The number of carbonyl (C=O) groups is 1. The molecule has 0 atom stereocenters. The third kappa shape index (κ3) is 3.54. The normalized spacial score (nSPS) is 15.7. The van der Waals surface area contributed by atoms with E-state index in [-0.39, 0.29) is 5.91 Å². The van der Waals surface area contributed by atoms with Gasteiger partial charge in [0.05, 0.1) is 7.11 Å². The zero-order chi connectivity index (χ0) is 16.2. The van der Waals surface area contributed by atoms with Crippen LogP contribution in [0.4, 0.5) is 0 Å². The number of ether oxygens (including phenoxy) is 1. The van der Waals surface area contributed by atoms with Crippen molar-refractivity contribution in [3.05, 3.63) is 35.3 Å². The summed E-state index contributed by atoms with van der Waals surface area (Å²) in [7, 11) is 1.65. The Kier molecular flexibility index (Phi) is 4.93. The van der Waals surface area contributed by atoms with Crippen molar-refractivity contribution >= 4 is 17.2 Å². The summed E-state index contributed by atoms with van der Waals surface area (Å²) in [6.45, 7) is 6.64. The van der Waals surface area contributed by atoms with Crippen LogP contribution in [0.25, 0.3) is 10.6 Å². The topological polar surface area (TPSA) is 45.7 Å². The maximum absolute atomic E-state index is 12.6. The van der Waals surface area contributed by atoms with Gasteiger partial charge < -0.3 is 14.5 Å². The van der Waals surface area contributed by atoms with E-state index in [9.17, 15) is 4.79 Å². The molecule has 1 fully saturated rings. The number of amides is 1. The fourth-order valence-corrected chi connectivity index (χ4v) is 3.47. The van der Waals surface area contributed by atoms with Crippen LogP contribution in [-0.4, -0.2) is 60.5 Å². The van der Waals surface area contributed by atoms with E-state index in [1.807, 2.05) is 34.5 Å². The van der Waals surface area contributed by atoms with Crippen LogP contribution in [0.15, 0.2) is 29.6 Å². The third-order valence-electron chi connectivity index (χ3n) is 4.17. The molecule has 0 radical (unpaired) electrons. The maximum atomic E-state index is 12.6. The van der Waals surface area contributed by atoms with Gasteiger partial charge in [0.2, 0.25) is 0 Å². The second kappa shape index (κ2) is 7.10. The third-order valence-corrected chi connectivity index (χ3v) is 5.06. The van der Waals surface area contributed by atoms with Gasteiger partial charge in [-0.15, -0.1) is 11.3 Å². The Morgan fingerprint density at radius 1 is 1.22 bits per heavy atom. The van der Waals surface area contributed by atoms with Crippen LogP contribution in [-0.2, 0) is 0 Å². The number of methoxy groups -OCH3 is 1. The Hall–Kier alpha value is -1.92. The molecule has 0 aliphatic carbocycles. The molecule has 0 spiro atoms. The van der Waals surface area contributed by atoms with Gasteiger partial charge in [-0.05, 0) is 30.8 Å². The average molecular weight is 331 g/mol. The molecule has 0 N–H and O–H groups in total. The predicted octanol–water partition coefficient (Wildman–Crippen LogP) is 2.60. The van der Waals surface area contributed by atoms with Gasteiger partial charge in [-0.1, -0.05) is 6.92 Å². The minimum absolute atomic E-state index is 0.0387. The van der Waals surface area contributed by atoms with Crippen LogP contribution in [0.5, 0.6) is 5.75 Å². The van der Waals surface area contributed by atoms with E-state index >= 15 is 0 Å². The van der Waals surface area contributed by atoms with Gasteiger partial charge in [0.25, 0.3) is 5.91 Å². The van der Waals surface area contributed by atoms with Crippen molar-refractivity contribution in [2.75, 3.05) is 39.8 Å². The summed E-state index contributed by atoms with van der Waals surface area (Å²) in [6, 6.07) is 7.74. The quantitative estimate of drug-likeness (QED) is 0.864. The Morgan fingerprint density at radius 3 is 2.52 bits per heavy atom. The van der Waals surface area contributed by atoms with Gasteiger partial charge in [-0.25, -0.2) is 4.98 Å². The summed E-state index contributed by atoms with van der Waals surface area (Å²) >= 11 is 1.50. The highest BCUT2D eigenvalue weighted by molar-refractivity contribution is 7.13. The summed E-state index contributed by atoms with van der Waals surface area (Å²) < 4.78 is 5.16. The molecule has 1 aliphatic heterocycles. The summed E-state index contributed by atoms with van der Waals surface area (Å²) in [6.07, 6.45) is 0. The molecule has 2 heterocycles. The van der Waals surface area contributed by atoms with E-state index in [0.717, 1.165) is 49.0 Å². The highest BCUT2D eigenvalue weighted by Crippen LogP contribution is 2.26. The molecule has 1 saturated heterocycles. The zero-order valence-corrected chi connectivity index (χ0v) is 14.3. The van der Waals surface area contributed by atoms with Crippen molar-refractivity contribution in [1.29, 1.82) is 0 Å². The minimum atomic E-state index is 0.0387. The predicted molar refractivity (Wildman–Crippen MR) is 92.1 cm³/mol. The monoisotopic (exact) mass is 331 g/mol. The lowest BCUT2D eigenvalue weighted by atomic mass is 10.2. The molecule has 0 saturated carbocycles. The molecule has 0 bridgehead atoms. The summed E-state index contributed by atoms with van der Waals surface area (Å²) in [5.74, 6) is 0.854. The Morgan fingerprint density at radius 2 is 1.91 bits per heavy atom. The van der Waals surface area contributed by atoms with Crippen LogP contribution in [0.3, 0.4) is 0 Å². The number of rotatable bonds is 4. The lowest BCUT2D eigenvalue weighted by Gasteiger charge is -2.33. The number of piperazine rings is 1. The van der Waals surface area contributed by atoms with E-state index in [0.29, 0.717) is 5.69 Å². The smallest absolute Gasteiger partial charge is 0.273 e. The Bertz CT molecular complexity index is 661. The molecule has 1 aromatic carbocycles. The molecule has 2 aromatic rings. The first kappa shape index (κ1) is 16.0. The highest BCUT2D eigenvalue weighted by atomic mass is 32.1. The Balaban J connectivity index is 1.69. The largest absolute Gasteiger partial charge is 0.497 e. The first-order valence-corrected chi connectivity index (χ1v) is 8.71. The number of hydrogen-bond donors (Lipinski definition) is 0. The molecule has 6 heteroatoms. The van der Waals surface area contributed by atoms with Crippen molar-refractivity contribution < 1.29 is 9.53 Å². The van der Waals surface area contributed by atoms with Crippen LogP contribution >= 0.6 is 11.3 Å². The van der Waals surface area contributed by atoms with Crippen molar-refractivity contribution in [2.24, 2.45) is 0 Å². The van der Waals surface area contributed by atoms with Gasteiger partial charge in [-0.2, -0.15) is 0 Å². The molecule has 5 nitrogen and oxygen atoms in total. The van der Waals surface area contributed by atoms with E-state index in [1.54, 1.807) is 7.11 Å². The van der Waals surface area contributed by atoms with E-state index in [1.165, 1.54) is 11.3 Å². The molecule has 1 amide bonds. The standard InChI is InChI=1S/C17H21N3O2S/c1-3-19-8-10-20(11-9-19)17(21)15-12-23-16(18-15)13-4-6-14(22-2)7-5-13/h4-7,12H,3,8-11H2,1-2H3. The van der Waals surface area contributed by atoms with Gasteiger partial charge in [0.15, 0.2) is 0 Å². The minimum Gasteiger partial charge on any atom is -0.497 e. The van der Waals surface area contributed by atoms with Crippen LogP contribution in [0.2, 0.25) is 0 Å². The van der Waals surface area contributed by atoms with Crippen LogP contribution in [0.1, 0.15) is 17.4 Å². The first-order chi connectivity index (χ1) is 11.2. The van der Waals surface area contributed by atoms with Crippen molar-refractivity contribution in [1.82, 2.24) is 14.8 Å². The molecule has 0 unspecified atom stereocenters. The van der Waals surface area contributed by atoms with Crippen molar-refractivity contribution in [2.45, 2.75) is 6.92 Å². The molecular weight excluding hydrogens is 310 g/mol. The molecule has 122 valence electrons. The number of likely N-dealkylation sites (N-methyl/N-ethyl adjacent to an activating group) is 1. The van der Waals surface area contributed by atoms with E-state index < -0.39 is 0 Å². The second-order valence-electron chi connectivity index (χ2n) is 5.49. The average Bonchev–Trinajstić information content (AvgIpc) is 3.11. The summed E-state index contributed by atoms with van der Waals surface area (Å²) in [5.41, 5.74) is 1.55. The van der Waals surface area contributed by atoms with Gasteiger partial charge in [0, 0.05) is 37.1 Å². The molecular formula is C17H21N3O2S. The molecule has 1 aliphatic rings. The Labute approximate surface area is 140 Å². The number of aromatic nitrogens is 1. The zero-order valence-electron chi connectivity index (χ0n) is 13.5. The van der Waals surface area contributed by atoms with E-state index in [4.69, 9.17) is 4.74 Å². The summed E-state index contributed by atoms with van der Waals surface area (Å²) in [4.78, 5) is 21.4. The van der Waals surface area contributed by atoms with Crippen LogP contribution < -0.4 is 4.74 Å². The highest BCUT2D eigenvalue weighted by Gasteiger charge is 2.23. The molecule has 23 heavy (non-hydrogen) atoms. The SMILES string of the molecule is CCN1CCN(C(=O)c2csc(-c3ccc(OC)cc3)n2)CC1. The van der Waals surface area contributed by atoms with E-state index in [2.05, 4.69) is 16.8 Å². The fraction of sp³-hybridized carbons (Fsp3) is 0.412. The molecule has 3 rings (SSSR count). The lowest BCUT2D eigenvalue weighted by molar-refractivity contribution is 0.0638. The maximum Gasteiger partial charge on any atom is 0.273 e. The number of hydrogen-bond acceptors (Lipinski definition) is 5. The van der Waals surface area contributed by atoms with Gasteiger partial charge in [0.1, 0.15) is 16.5 Å².